The molecule has 4 heteroatoms. The summed E-state index contributed by atoms with van der Waals surface area (Å²) < 4.78 is 0. The highest BCUT2D eigenvalue weighted by molar-refractivity contribution is 5.75. The summed E-state index contributed by atoms with van der Waals surface area (Å²) >= 11 is 0. The highest BCUT2D eigenvalue weighted by Gasteiger charge is 2.38. The van der Waals surface area contributed by atoms with Crippen LogP contribution in [0, 0.1) is 0 Å². The molecule has 15 heavy (non-hydrogen) atoms. The first-order valence-corrected chi connectivity index (χ1v) is 5.94. The molecule has 0 heterocycles. The van der Waals surface area contributed by atoms with E-state index >= 15 is 0 Å². The Labute approximate surface area is 90.4 Å². The Morgan fingerprint density at radius 3 is 2.40 bits per heavy atom. The van der Waals surface area contributed by atoms with E-state index in [0.29, 0.717) is 6.04 Å². The van der Waals surface area contributed by atoms with Gasteiger partial charge in [-0.25, -0.2) is 4.79 Å². The Morgan fingerprint density at radius 1 is 1.27 bits per heavy atom. The molecule has 2 aliphatic carbocycles. The van der Waals surface area contributed by atoms with E-state index in [1.807, 2.05) is 0 Å². The SMILES string of the molecule is O=C(NC1CCCC1)NC1(CO)CCC1. The van der Waals surface area contributed by atoms with Crippen LogP contribution in [-0.2, 0) is 0 Å². The maximum absolute atomic E-state index is 11.6. The zero-order valence-electron chi connectivity index (χ0n) is 9.09. The van der Waals surface area contributed by atoms with E-state index in [9.17, 15) is 9.90 Å². The number of urea groups is 1. The summed E-state index contributed by atoms with van der Waals surface area (Å²) in [6.07, 6.45) is 7.54. The number of hydrogen-bond acceptors (Lipinski definition) is 2. The molecule has 3 N–H and O–H groups in total. The van der Waals surface area contributed by atoms with Gasteiger partial charge >= 0.3 is 6.03 Å². The Balaban J connectivity index is 1.76. The van der Waals surface area contributed by atoms with Crippen LogP contribution < -0.4 is 10.6 Å². The van der Waals surface area contributed by atoms with Crippen LogP contribution in [0.3, 0.4) is 0 Å². The number of aliphatic hydroxyl groups is 1. The molecule has 0 aromatic rings. The first kappa shape index (κ1) is 10.7. The fraction of sp³-hybridized carbons (Fsp3) is 0.909. The van der Waals surface area contributed by atoms with Crippen molar-refractivity contribution in [3.8, 4) is 0 Å². The topological polar surface area (TPSA) is 61.4 Å². The van der Waals surface area contributed by atoms with E-state index in [1.54, 1.807) is 0 Å². The van der Waals surface area contributed by atoms with Crippen LogP contribution in [0.5, 0.6) is 0 Å². The zero-order chi connectivity index (χ0) is 10.7. The Hall–Kier alpha value is -0.770. The number of rotatable bonds is 3. The summed E-state index contributed by atoms with van der Waals surface area (Å²) in [6, 6.07) is 0.247. The van der Waals surface area contributed by atoms with Crippen LogP contribution in [0.2, 0.25) is 0 Å². The van der Waals surface area contributed by atoms with Crippen molar-refractivity contribution in [3.63, 3.8) is 0 Å². The van der Waals surface area contributed by atoms with Gasteiger partial charge in [0.15, 0.2) is 0 Å². The van der Waals surface area contributed by atoms with Gasteiger partial charge in [0.05, 0.1) is 12.1 Å². The molecule has 0 saturated heterocycles. The van der Waals surface area contributed by atoms with Crippen LogP contribution in [0.1, 0.15) is 44.9 Å². The van der Waals surface area contributed by atoms with Gasteiger partial charge in [0.1, 0.15) is 0 Å². The van der Waals surface area contributed by atoms with E-state index in [2.05, 4.69) is 10.6 Å². The second kappa shape index (κ2) is 4.39. The summed E-state index contributed by atoms with van der Waals surface area (Å²) in [7, 11) is 0. The Morgan fingerprint density at radius 2 is 1.93 bits per heavy atom. The number of amides is 2. The molecule has 0 aromatic carbocycles. The molecular formula is C11H20N2O2. The van der Waals surface area contributed by atoms with Crippen LogP contribution >= 0.6 is 0 Å². The molecule has 0 radical (unpaired) electrons. The van der Waals surface area contributed by atoms with Gasteiger partial charge in [-0.05, 0) is 32.1 Å². The second-order valence-corrected chi connectivity index (χ2v) is 4.87. The smallest absolute Gasteiger partial charge is 0.315 e. The summed E-state index contributed by atoms with van der Waals surface area (Å²) in [5, 5.41) is 15.1. The lowest BCUT2D eigenvalue weighted by atomic mass is 9.77. The minimum absolute atomic E-state index is 0.0606. The summed E-state index contributed by atoms with van der Waals surface area (Å²) in [6.45, 7) is 0.0606. The summed E-state index contributed by atoms with van der Waals surface area (Å²) in [5.74, 6) is 0. The monoisotopic (exact) mass is 212 g/mol. The van der Waals surface area contributed by atoms with Crippen LogP contribution in [0.15, 0.2) is 0 Å². The predicted molar refractivity (Wildman–Crippen MR) is 57.6 cm³/mol. The Bertz CT molecular complexity index is 227. The van der Waals surface area contributed by atoms with Crippen LogP contribution in [0.25, 0.3) is 0 Å². The highest BCUT2D eigenvalue weighted by atomic mass is 16.3. The van der Waals surface area contributed by atoms with E-state index in [1.165, 1.54) is 12.8 Å². The maximum Gasteiger partial charge on any atom is 0.315 e. The van der Waals surface area contributed by atoms with Gasteiger partial charge < -0.3 is 15.7 Å². The van der Waals surface area contributed by atoms with Crippen molar-refractivity contribution in [3.05, 3.63) is 0 Å². The van der Waals surface area contributed by atoms with Crippen molar-refractivity contribution >= 4 is 6.03 Å². The highest BCUT2D eigenvalue weighted by Crippen LogP contribution is 2.31. The molecule has 0 unspecified atom stereocenters. The third kappa shape index (κ3) is 2.43. The standard InChI is InChI=1S/C11H20N2O2/c14-8-11(6-3-7-11)13-10(15)12-9-4-1-2-5-9/h9,14H,1-8H2,(H2,12,13,15). The number of nitrogens with one attached hydrogen (secondary N) is 2. The largest absolute Gasteiger partial charge is 0.394 e. The fourth-order valence-corrected chi connectivity index (χ4v) is 2.46. The lowest BCUT2D eigenvalue weighted by molar-refractivity contribution is 0.0953. The van der Waals surface area contributed by atoms with Crippen LogP contribution in [-0.4, -0.2) is 29.3 Å². The summed E-state index contributed by atoms with van der Waals surface area (Å²) in [4.78, 5) is 11.6. The van der Waals surface area contributed by atoms with Crippen molar-refractivity contribution in [2.75, 3.05) is 6.61 Å². The molecular weight excluding hydrogens is 192 g/mol. The second-order valence-electron chi connectivity index (χ2n) is 4.87. The zero-order valence-corrected chi connectivity index (χ0v) is 9.09. The van der Waals surface area contributed by atoms with Gasteiger partial charge in [-0.15, -0.1) is 0 Å². The molecule has 4 nitrogen and oxygen atoms in total. The number of aliphatic hydroxyl groups excluding tert-OH is 1. The van der Waals surface area contributed by atoms with Gasteiger partial charge in [0.2, 0.25) is 0 Å². The molecule has 2 aliphatic rings. The van der Waals surface area contributed by atoms with E-state index in [0.717, 1.165) is 32.1 Å². The van der Waals surface area contributed by atoms with E-state index < -0.39 is 0 Å². The average molecular weight is 212 g/mol. The molecule has 2 rings (SSSR count). The minimum Gasteiger partial charge on any atom is -0.394 e. The van der Waals surface area contributed by atoms with Gasteiger partial charge in [-0.2, -0.15) is 0 Å². The predicted octanol–water partition coefficient (Wildman–Crippen LogP) is 1.14. The maximum atomic E-state index is 11.6. The van der Waals surface area contributed by atoms with Crippen molar-refractivity contribution in [2.24, 2.45) is 0 Å². The molecule has 86 valence electrons. The summed E-state index contributed by atoms with van der Waals surface area (Å²) in [5.41, 5.74) is -0.317. The first-order chi connectivity index (χ1) is 7.24. The molecule has 2 saturated carbocycles. The van der Waals surface area contributed by atoms with Crippen molar-refractivity contribution < 1.29 is 9.90 Å². The normalized spacial score (nSPS) is 24.6. The first-order valence-electron chi connectivity index (χ1n) is 5.94. The quantitative estimate of drug-likeness (QED) is 0.657. The van der Waals surface area contributed by atoms with Crippen molar-refractivity contribution in [1.29, 1.82) is 0 Å². The third-order valence-corrected chi connectivity index (χ3v) is 3.68. The minimum atomic E-state index is -0.317. The molecule has 0 spiro atoms. The number of carbonyl (C=O) groups is 1. The van der Waals surface area contributed by atoms with Crippen LogP contribution in [0.4, 0.5) is 4.79 Å². The van der Waals surface area contributed by atoms with Gasteiger partial charge in [-0.1, -0.05) is 12.8 Å². The number of carbonyl (C=O) groups excluding carboxylic acids is 1. The molecule has 0 atom stereocenters. The van der Waals surface area contributed by atoms with Crippen molar-refractivity contribution in [1.82, 2.24) is 10.6 Å². The van der Waals surface area contributed by atoms with E-state index in [4.69, 9.17) is 0 Å². The molecule has 0 aliphatic heterocycles. The van der Waals surface area contributed by atoms with Gasteiger partial charge in [0, 0.05) is 6.04 Å². The lowest BCUT2D eigenvalue weighted by Gasteiger charge is -2.41. The fourth-order valence-electron chi connectivity index (χ4n) is 2.46. The third-order valence-electron chi connectivity index (χ3n) is 3.68. The average Bonchev–Trinajstić information content (AvgIpc) is 2.64. The molecule has 2 fully saturated rings. The Kier molecular flexibility index (Phi) is 3.14. The number of hydrogen-bond donors (Lipinski definition) is 3. The van der Waals surface area contributed by atoms with Crippen molar-refractivity contribution in [2.45, 2.75) is 56.5 Å². The van der Waals surface area contributed by atoms with Gasteiger partial charge in [-0.3, -0.25) is 0 Å². The van der Waals surface area contributed by atoms with E-state index in [-0.39, 0.29) is 18.2 Å². The molecule has 2 amide bonds. The molecule has 0 bridgehead atoms. The lowest BCUT2D eigenvalue weighted by Crippen LogP contribution is -2.59. The molecule has 0 aromatic heterocycles. The van der Waals surface area contributed by atoms with Gasteiger partial charge in [0.25, 0.3) is 0 Å².